The lowest BCUT2D eigenvalue weighted by molar-refractivity contribution is -0.429. The molecule has 1 aliphatic rings. The SMILES string of the molecule is Cc1cc(C)c(N2CC[N+](c3c(C)cc(C)cc3C)=C2C(=O)O)c(C)c1. The van der Waals surface area contributed by atoms with Crippen molar-refractivity contribution in [2.75, 3.05) is 18.0 Å². The Labute approximate surface area is 155 Å². The second-order valence-electron chi connectivity index (χ2n) is 7.43. The van der Waals surface area contributed by atoms with E-state index < -0.39 is 5.97 Å². The monoisotopic (exact) mass is 351 g/mol. The summed E-state index contributed by atoms with van der Waals surface area (Å²) in [5.41, 5.74) is 8.86. The number of nitrogens with zero attached hydrogens (tertiary/aromatic N) is 2. The van der Waals surface area contributed by atoms with Crippen molar-refractivity contribution in [3.8, 4) is 0 Å². The second-order valence-corrected chi connectivity index (χ2v) is 7.43. The summed E-state index contributed by atoms with van der Waals surface area (Å²) in [5.74, 6) is -0.545. The van der Waals surface area contributed by atoms with E-state index in [1.165, 1.54) is 11.1 Å². The molecule has 136 valence electrons. The van der Waals surface area contributed by atoms with Crippen LogP contribution in [0.4, 0.5) is 11.4 Å². The number of benzene rings is 2. The molecule has 0 atom stereocenters. The molecule has 2 aromatic carbocycles. The zero-order valence-corrected chi connectivity index (χ0v) is 16.5. The van der Waals surface area contributed by atoms with E-state index >= 15 is 0 Å². The molecule has 0 unspecified atom stereocenters. The smallest absolute Gasteiger partial charge is 0.419 e. The molecule has 4 nitrogen and oxygen atoms in total. The van der Waals surface area contributed by atoms with Crippen LogP contribution < -0.4 is 4.90 Å². The van der Waals surface area contributed by atoms with Crippen LogP contribution in [0.2, 0.25) is 0 Å². The summed E-state index contributed by atoms with van der Waals surface area (Å²) < 4.78 is 1.96. The van der Waals surface area contributed by atoms with Gasteiger partial charge in [0, 0.05) is 0 Å². The Balaban J connectivity index is 2.23. The summed E-state index contributed by atoms with van der Waals surface area (Å²) in [7, 11) is 0. The molecule has 0 fully saturated rings. The third-order valence-corrected chi connectivity index (χ3v) is 5.06. The van der Waals surface area contributed by atoms with Crippen molar-refractivity contribution >= 4 is 23.2 Å². The summed E-state index contributed by atoms with van der Waals surface area (Å²) in [6.45, 7) is 13.7. The number of carboxylic acids is 1. The van der Waals surface area contributed by atoms with Crippen molar-refractivity contribution in [1.82, 2.24) is 0 Å². The highest BCUT2D eigenvalue weighted by atomic mass is 16.4. The van der Waals surface area contributed by atoms with Crippen LogP contribution >= 0.6 is 0 Å². The van der Waals surface area contributed by atoms with Gasteiger partial charge in [0.05, 0.1) is 0 Å². The van der Waals surface area contributed by atoms with Crippen LogP contribution in [0, 0.1) is 41.5 Å². The summed E-state index contributed by atoms with van der Waals surface area (Å²) in [6, 6.07) is 8.47. The normalized spacial score (nSPS) is 14.3. The molecule has 26 heavy (non-hydrogen) atoms. The Bertz CT molecular complexity index is 895. The van der Waals surface area contributed by atoms with E-state index in [-0.39, 0.29) is 0 Å². The maximum absolute atomic E-state index is 12.2. The molecule has 3 rings (SSSR count). The molecule has 1 heterocycles. The molecule has 0 saturated carbocycles. The fraction of sp³-hybridized carbons (Fsp3) is 0.364. The molecule has 4 heteroatoms. The molecule has 0 amide bonds. The highest BCUT2D eigenvalue weighted by molar-refractivity contribution is 6.38. The molecule has 0 saturated heterocycles. The van der Waals surface area contributed by atoms with Crippen LogP contribution in [0.15, 0.2) is 24.3 Å². The van der Waals surface area contributed by atoms with Gasteiger partial charge in [-0.05, 0) is 63.8 Å². The summed E-state index contributed by atoms with van der Waals surface area (Å²) in [4.78, 5) is 14.2. The van der Waals surface area contributed by atoms with Gasteiger partial charge in [0.25, 0.3) is 0 Å². The van der Waals surface area contributed by atoms with E-state index in [9.17, 15) is 9.90 Å². The van der Waals surface area contributed by atoms with Gasteiger partial charge in [0.1, 0.15) is 24.5 Å². The minimum Gasteiger partial charge on any atom is -0.472 e. The van der Waals surface area contributed by atoms with Crippen molar-refractivity contribution in [3.63, 3.8) is 0 Å². The first-order valence-electron chi connectivity index (χ1n) is 9.01. The topological polar surface area (TPSA) is 43.5 Å². The maximum atomic E-state index is 12.2. The van der Waals surface area contributed by atoms with Gasteiger partial charge in [0.2, 0.25) is 0 Å². The summed E-state index contributed by atoms with van der Waals surface area (Å²) >= 11 is 0. The lowest BCUT2D eigenvalue weighted by atomic mass is 10.0. The predicted octanol–water partition coefficient (Wildman–Crippen LogP) is 4.18. The van der Waals surface area contributed by atoms with Crippen molar-refractivity contribution in [2.24, 2.45) is 0 Å². The average molecular weight is 351 g/mol. The largest absolute Gasteiger partial charge is 0.472 e. The van der Waals surface area contributed by atoms with Gasteiger partial charge in [-0.2, -0.15) is 0 Å². The second kappa shape index (κ2) is 6.60. The van der Waals surface area contributed by atoms with Gasteiger partial charge in [-0.3, -0.25) is 0 Å². The highest BCUT2D eigenvalue weighted by Gasteiger charge is 2.40. The molecule has 1 aliphatic heterocycles. The van der Waals surface area contributed by atoms with Gasteiger partial charge < -0.3 is 5.11 Å². The maximum Gasteiger partial charge on any atom is 0.419 e. The molecule has 0 aliphatic carbocycles. The third-order valence-electron chi connectivity index (χ3n) is 5.06. The van der Waals surface area contributed by atoms with E-state index in [2.05, 4.69) is 65.8 Å². The van der Waals surface area contributed by atoms with Crippen molar-refractivity contribution in [1.29, 1.82) is 0 Å². The van der Waals surface area contributed by atoms with E-state index in [0.717, 1.165) is 33.6 Å². The predicted molar refractivity (Wildman–Crippen MR) is 106 cm³/mol. The Morgan fingerprint density at radius 3 is 1.81 bits per heavy atom. The number of amidine groups is 1. The Morgan fingerprint density at radius 1 is 0.885 bits per heavy atom. The van der Waals surface area contributed by atoms with Crippen molar-refractivity contribution in [3.05, 3.63) is 57.6 Å². The fourth-order valence-corrected chi connectivity index (χ4v) is 4.42. The molecule has 0 radical (unpaired) electrons. The number of hydrogen-bond acceptors (Lipinski definition) is 2. The molecule has 0 aromatic heterocycles. The van der Waals surface area contributed by atoms with Gasteiger partial charge >= 0.3 is 11.8 Å². The Hall–Kier alpha value is -2.62. The van der Waals surface area contributed by atoms with E-state index in [4.69, 9.17) is 0 Å². The third kappa shape index (κ3) is 3.00. The molecular formula is C22H27N2O2+. The summed E-state index contributed by atoms with van der Waals surface area (Å²) in [5, 5.41) is 10.0. The number of rotatable bonds is 3. The van der Waals surface area contributed by atoms with Crippen molar-refractivity contribution < 1.29 is 14.5 Å². The van der Waals surface area contributed by atoms with Crippen molar-refractivity contribution in [2.45, 2.75) is 41.5 Å². The van der Waals surface area contributed by atoms with Crippen LogP contribution in [0.3, 0.4) is 0 Å². The number of anilines is 1. The van der Waals surface area contributed by atoms with Crippen LogP contribution in [0.5, 0.6) is 0 Å². The van der Waals surface area contributed by atoms with Gasteiger partial charge in [-0.1, -0.05) is 35.4 Å². The first-order chi connectivity index (χ1) is 12.2. The molecule has 1 N–H and O–H groups in total. The fourth-order valence-electron chi connectivity index (χ4n) is 4.42. The van der Waals surface area contributed by atoms with Gasteiger partial charge in [-0.25, -0.2) is 14.3 Å². The minimum atomic E-state index is -0.888. The zero-order chi connectivity index (χ0) is 19.2. The number of aryl methyl sites for hydroxylation is 6. The standard InChI is InChI=1S/C22H26N2O2/c1-13-9-15(3)19(16(4)10-13)23-7-8-24(21(23)22(25)26)20-17(5)11-14(2)12-18(20)6/h9-12H,7-8H2,1-6H3/p+1. The average Bonchev–Trinajstić information content (AvgIpc) is 2.89. The number of carboxylic acid groups (broad SMARTS) is 1. The van der Waals surface area contributed by atoms with Gasteiger partial charge in [0.15, 0.2) is 0 Å². The number of carbonyl (C=O) groups is 1. The van der Waals surface area contributed by atoms with Crippen LogP contribution in [0.1, 0.15) is 33.4 Å². The van der Waals surface area contributed by atoms with Crippen LogP contribution in [0.25, 0.3) is 0 Å². The Kier molecular flexibility index (Phi) is 4.61. The van der Waals surface area contributed by atoms with E-state index in [1.54, 1.807) is 0 Å². The summed E-state index contributed by atoms with van der Waals surface area (Å²) in [6.07, 6.45) is 0. The van der Waals surface area contributed by atoms with Gasteiger partial charge in [-0.15, -0.1) is 0 Å². The lowest BCUT2D eigenvalue weighted by Crippen LogP contribution is -2.36. The zero-order valence-electron chi connectivity index (χ0n) is 16.5. The molecule has 2 aromatic rings. The highest BCUT2D eigenvalue weighted by Crippen LogP contribution is 2.32. The molecule has 0 spiro atoms. The van der Waals surface area contributed by atoms with E-state index in [1.807, 2.05) is 9.48 Å². The first-order valence-corrected chi connectivity index (χ1v) is 9.01. The first kappa shape index (κ1) is 18.2. The van der Waals surface area contributed by atoms with E-state index in [0.29, 0.717) is 18.9 Å². The Morgan fingerprint density at radius 2 is 1.35 bits per heavy atom. The molecular weight excluding hydrogens is 324 g/mol. The number of aliphatic carboxylic acids is 1. The molecule has 0 bridgehead atoms. The lowest BCUT2D eigenvalue weighted by Gasteiger charge is -2.17. The number of hydrogen-bond donors (Lipinski definition) is 1. The minimum absolute atomic E-state index is 0.343. The quantitative estimate of drug-likeness (QED) is 0.844. The van der Waals surface area contributed by atoms with Crippen LogP contribution in [-0.4, -0.2) is 34.6 Å². The van der Waals surface area contributed by atoms with Crippen LogP contribution in [-0.2, 0) is 4.79 Å².